The number of halogens is 2. The summed E-state index contributed by atoms with van der Waals surface area (Å²) in [6, 6.07) is -0.0756. The molecule has 0 aromatic heterocycles. The Morgan fingerprint density at radius 1 is 1.33 bits per heavy atom. The zero-order valence-electron chi connectivity index (χ0n) is 7.33. The predicted molar refractivity (Wildman–Crippen MR) is 46.3 cm³/mol. The van der Waals surface area contributed by atoms with E-state index in [1.165, 1.54) is 0 Å². The monoisotopic (exact) mass is 252 g/mol. The van der Waals surface area contributed by atoms with Gasteiger partial charge in [0.15, 0.2) is 0 Å². The first-order valence-electron chi connectivity index (χ1n) is 3.67. The number of rotatable bonds is 0. The molecule has 0 aliphatic rings. The van der Waals surface area contributed by atoms with E-state index in [0.29, 0.717) is 8.95 Å². The topological polar surface area (TPSA) is 26.0 Å². The van der Waals surface area contributed by atoms with E-state index in [1.807, 2.05) is 0 Å². The lowest BCUT2D eigenvalue weighted by Gasteiger charge is -1.95. The molecule has 0 heterocycles. The minimum absolute atomic E-state index is 0.00428. The first-order valence-corrected chi connectivity index (χ1v) is 3.75. The molecule has 0 bridgehead atoms. The molecular formula is C6H5Br2N. The molecule has 0 aliphatic heterocycles. The second-order valence-electron chi connectivity index (χ2n) is 1.42. The van der Waals surface area contributed by atoms with Crippen LogP contribution in [0.3, 0.4) is 0 Å². The van der Waals surface area contributed by atoms with Crippen molar-refractivity contribution in [2.24, 2.45) is 0 Å². The predicted octanol–water partition coefficient (Wildman–Crippen LogP) is 2.79. The molecule has 1 aromatic carbocycles. The maximum absolute atomic E-state index is 7.42. The first kappa shape index (κ1) is 3.98. The molecule has 0 radical (unpaired) electrons. The zero-order valence-corrected chi connectivity index (χ0v) is 7.51. The van der Waals surface area contributed by atoms with E-state index in [0.717, 1.165) is 0 Å². The van der Waals surface area contributed by atoms with Gasteiger partial charge in [0.2, 0.25) is 0 Å². The molecule has 0 aliphatic carbocycles. The Morgan fingerprint density at radius 2 is 2.00 bits per heavy atom. The molecule has 0 saturated heterocycles. The van der Waals surface area contributed by atoms with Gasteiger partial charge in [0.05, 0.1) is 4.11 Å². The SMILES string of the molecule is [2H]c1c([2H])c(Br)c(Br)c([2H])c1N. The Kier molecular flexibility index (Phi) is 1.20. The van der Waals surface area contributed by atoms with Crippen LogP contribution in [0.25, 0.3) is 0 Å². The summed E-state index contributed by atoms with van der Waals surface area (Å²) in [5, 5.41) is 0. The molecule has 0 spiro atoms. The number of hydrogen-bond acceptors (Lipinski definition) is 1. The van der Waals surface area contributed by atoms with Gasteiger partial charge in [-0.2, -0.15) is 0 Å². The van der Waals surface area contributed by atoms with Gasteiger partial charge in [0.25, 0.3) is 0 Å². The molecule has 0 saturated carbocycles. The fourth-order valence-electron chi connectivity index (χ4n) is 0.381. The molecule has 1 rings (SSSR count). The summed E-state index contributed by atoms with van der Waals surface area (Å²) >= 11 is 6.18. The van der Waals surface area contributed by atoms with E-state index >= 15 is 0 Å². The number of anilines is 1. The summed E-state index contributed by atoms with van der Waals surface area (Å²) in [4.78, 5) is 0. The van der Waals surface area contributed by atoms with Crippen molar-refractivity contribution in [1.29, 1.82) is 0 Å². The van der Waals surface area contributed by atoms with Crippen LogP contribution in [0.5, 0.6) is 0 Å². The van der Waals surface area contributed by atoms with E-state index < -0.39 is 0 Å². The summed E-state index contributed by atoms with van der Waals surface area (Å²) in [6.07, 6.45) is 0. The Morgan fingerprint density at radius 3 is 2.67 bits per heavy atom. The van der Waals surface area contributed by atoms with Crippen LogP contribution in [0.1, 0.15) is 4.11 Å². The van der Waals surface area contributed by atoms with Crippen molar-refractivity contribution in [2.45, 2.75) is 0 Å². The zero-order chi connectivity index (χ0) is 9.46. The fourth-order valence-corrected chi connectivity index (χ4v) is 0.892. The maximum Gasteiger partial charge on any atom is 0.0657 e. The highest BCUT2D eigenvalue weighted by Crippen LogP contribution is 2.24. The summed E-state index contributed by atoms with van der Waals surface area (Å²) in [6.45, 7) is 0. The van der Waals surface area contributed by atoms with Crippen LogP contribution < -0.4 is 5.73 Å². The van der Waals surface area contributed by atoms with Crippen molar-refractivity contribution >= 4 is 37.5 Å². The second-order valence-corrected chi connectivity index (χ2v) is 3.00. The molecule has 2 N–H and O–H groups in total. The van der Waals surface area contributed by atoms with Crippen molar-refractivity contribution in [2.75, 3.05) is 5.73 Å². The highest BCUT2D eigenvalue weighted by molar-refractivity contribution is 9.13. The summed E-state index contributed by atoms with van der Waals surface area (Å²) in [5.74, 6) is 0. The fraction of sp³-hybridized carbons (Fsp3) is 0. The van der Waals surface area contributed by atoms with E-state index in [4.69, 9.17) is 9.85 Å². The minimum Gasteiger partial charge on any atom is -0.399 e. The third-order valence-corrected chi connectivity index (χ3v) is 2.47. The van der Waals surface area contributed by atoms with Gasteiger partial charge < -0.3 is 5.73 Å². The largest absolute Gasteiger partial charge is 0.399 e. The van der Waals surface area contributed by atoms with Gasteiger partial charge >= 0.3 is 0 Å². The van der Waals surface area contributed by atoms with Gasteiger partial charge in [0.1, 0.15) is 0 Å². The quantitative estimate of drug-likeness (QED) is 0.707. The summed E-state index contributed by atoms with van der Waals surface area (Å²) < 4.78 is 23.0. The lowest BCUT2D eigenvalue weighted by atomic mass is 10.3. The molecule has 1 nitrogen and oxygen atoms in total. The molecule has 48 valence electrons. The number of benzene rings is 1. The third-order valence-electron chi connectivity index (χ3n) is 0.744. The van der Waals surface area contributed by atoms with Gasteiger partial charge in [-0.3, -0.25) is 0 Å². The van der Waals surface area contributed by atoms with Gasteiger partial charge in [-0.1, -0.05) is 0 Å². The first-order chi connectivity index (χ1) is 5.46. The van der Waals surface area contributed by atoms with Crippen LogP contribution >= 0.6 is 31.9 Å². The average Bonchev–Trinajstić information content (AvgIpc) is 2.08. The van der Waals surface area contributed by atoms with Crippen LogP contribution in [0.15, 0.2) is 27.1 Å². The minimum atomic E-state index is -0.116. The molecule has 0 fully saturated rings. The van der Waals surface area contributed by atoms with Crippen molar-refractivity contribution < 1.29 is 4.11 Å². The number of nitrogen functional groups attached to an aromatic ring is 1. The number of nitrogens with two attached hydrogens (primary N) is 1. The average molecular weight is 254 g/mol. The van der Waals surface area contributed by atoms with E-state index in [2.05, 4.69) is 31.9 Å². The molecule has 9 heavy (non-hydrogen) atoms. The third kappa shape index (κ3) is 1.69. The maximum atomic E-state index is 7.42. The lowest BCUT2D eigenvalue weighted by molar-refractivity contribution is 1.58. The highest BCUT2D eigenvalue weighted by Gasteiger charge is 1.93. The van der Waals surface area contributed by atoms with Crippen LogP contribution in [-0.4, -0.2) is 0 Å². The van der Waals surface area contributed by atoms with Gasteiger partial charge in [0, 0.05) is 14.6 Å². The van der Waals surface area contributed by atoms with Crippen LogP contribution in [-0.2, 0) is 0 Å². The Labute approximate surface area is 74.7 Å². The molecule has 3 heteroatoms. The van der Waals surface area contributed by atoms with Crippen molar-refractivity contribution in [3.63, 3.8) is 0 Å². The van der Waals surface area contributed by atoms with Crippen molar-refractivity contribution in [3.8, 4) is 0 Å². The van der Waals surface area contributed by atoms with Crippen LogP contribution in [0, 0.1) is 0 Å². The van der Waals surface area contributed by atoms with E-state index in [-0.39, 0.29) is 23.8 Å². The standard InChI is InChI=1S/C6H5Br2N/c7-5-2-1-4(9)3-6(5)8/h1-3H,9H2/i1D,2D,3D. The molecule has 0 unspecified atom stereocenters. The highest BCUT2D eigenvalue weighted by atomic mass is 79.9. The molecular weight excluding hydrogens is 246 g/mol. The Balaban J connectivity index is 3.60. The summed E-state index contributed by atoms with van der Waals surface area (Å²) in [7, 11) is 0. The lowest BCUT2D eigenvalue weighted by Crippen LogP contribution is -1.82. The molecule has 0 amide bonds. The van der Waals surface area contributed by atoms with Crippen molar-refractivity contribution in [3.05, 3.63) is 27.1 Å². The van der Waals surface area contributed by atoms with Crippen molar-refractivity contribution in [1.82, 2.24) is 0 Å². The Bertz CT molecular complexity index is 235. The van der Waals surface area contributed by atoms with Crippen LogP contribution in [0.4, 0.5) is 5.69 Å². The smallest absolute Gasteiger partial charge is 0.0657 e. The van der Waals surface area contributed by atoms with Crippen LogP contribution in [0.2, 0.25) is 0 Å². The summed E-state index contributed by atoms with van der Waals surface area (Å²) in [5.41, 5.74) is 5.43. The molecule has 1 aromatic rings. The van der Waals surface area contributed by atoms with E-state index in [1.54, 1.807) is 0 Å². The second kappa shape index (κ2) is 2.71. The normalized spacial score (nSPS) is 14.2. The van der Waals surface area contributed by atoms with Gasteiger partial charge in [-0.05, 0) is 50.0 Å². The van der Waals surface area contributed by atoms with E-state index in [9.17, 15) is 0 Å². The van der Waals surface area contributed by atoms with Gasteiger partial charge in [-0.15, -0.1) is 0 Å². The Hall–Kier alpha value is -0.0200. The molecule has 0 atom stereocenters. The number of hydrogen-bond donors (Lipinski definition) is 1. The van der Waals surface area contributed by atoms with Gasteiger partial charge in [-0.25, -0.2) is 0 Å².